The predicted octanol–water partition coefficient (Wildman–Crippen LogP) is 5.76. The Labute approximate surface area is 134 Å². The molecule has 0 saturated carbocycles. The molecule has 2 heterocycles. The molecule has 1 aromatic carbocycles. The molecular weight excluding hydrogens is 358 g/mol. The smallest absolute Gasteiger partial charge is 0.134 e. The summed E-state index contributed by atoms with van der Waals surface area (Å²) in [5.41, 5.74) is 0.929. The van der Waals surface area contributed by atoms with Gasteiger partial charge in [-0.25, -0.2) is 0 Å². The van der Waals surface area contributed by atoms with E-state index in [2.05, 4.69) is 40.3 Å². The third-order valence-electron chi connectivity index (χ3n) is 3.15. The third kappa shape index (κ3) is 2.93. The third-order valence-corrected chi connectivity index (χ3v) is 5.62. The summed E-state index contributed by atoms with van der Waals surface area (Å²) in [4.78, 5) is 1.20. The van der Waals surface area contributed by atoms with Gasteiger partial charge in [-0.2, -0.15) is 0 Å². The quantitative estimate of drug-likeness (QED) is 0.631. The number of fused-ring (bicyclic) bond motifs is 1. The van der Waals surface area contributed by atoms with Crippen LogP contribution in [0.25, 0.3) is 11.0 Å². The van der Waals surface area contributed by atoms with Gasteiger partial charge < -0.3 is 9.73 Å². The maximum absolute atomic E-state index is 6.04. The first kappa shape index (κ1) is 14.1. The zero-order valence-electron chi connectivity index (χ0n) is 10.8. The first-order valence-corrected chi connectivity index (χ1v) is 8.28. The topological polar surface area (TPSA) is 25.2 Å². The highest BCUT2D eigenvalue weighted by Crippen LogP contribution is 2.32. The summed E-state index contributed by atoms with van der Waals surface area (Å²) >= 11 is 11.0. The molecule has 0 aliphatic rings. The normalized spacial score (nSPS) is 12.9. The number of nitrogens with one attached hydrogen (secondary N) is 1. The summed E-state index contributed by atoms with van der Waals surface area (Å²) < 4.78 is 7.60. The number of halogens is 2. The summed E-state index contributed by atoms with van der Waals surface area (Å²) in [5.74, 6) is 0.952. The van der Waals surface area contributed by atoms with Crippen molar-refractivity contribution in [3.63, 3.8) is 0 Å². The number of thiophene rings is 1. The van der Waals surface area contributed by atoms with Gasteiger partial charge in [0.15, 0.2) is 0 Å². The van der Waals surface area contributed by atoms with Gasteiger partial charge in [0.2, 0.25) is 0 Å². The van der Waals surface area contributed by atoms with Crippen LogP contribution in [-0.2, 0) is 6.54 Å². The Kier molecular flexibility index (Phi) is 4.17. The predicted molar refractivity (Wildman–Crippen MR) is 88.5 cm³/mol. The molecule has 20 heavy (non-hydrogen) atoms. The molecule has 5 heteroatoms. The van der Waals surface area contributed by atoms with E-state index in [9.17, 15) is 0 Å². The average Bonchev–Trinajstić information content (AvgIpc) is 3.00. The van der Waals surface area contributed by atoms with Crippen molar-refractivity contribution in [1.29, 1.82) is 0 Å². The number of para-hydroxylation sites is 1. The van der Waals surface area contributed by atoms with Gasteiger partial charge in [-0.3, -0.25) is 0 Å². The first-order chi connectivity index (χ1) is 9.63. The lowest BCUT2D eigenvalue weighted by atomic mass is 10.2. The molecule has 3 aromatic rings. The van der Waals surface area contributed by atoms with Gasteiger partial charge in [-0.1, -0.05) is 29.8 Å². The Bertz CT molecular complexity index is 684. The molecule has 2 aromatic heterocycles. The zero-order valence-corrected chi connectivity index (χ0v) is 14.0. The fourth-order valence-electron chi connectivity index (χ4n) is 2.05. The fourth-order valence-corrected chi connectivity index (χ4v) is 3.79. The van der Waals surface area contributed by atoms with E-state index in [1.54, 1.807) is 11.3 Å². The van der Waals surface area contributed by atoms with E-state index in [4.69, 9.17) is 16.0 Å². The van der Waals surface area contributed by atoms with Crippen LogP contribution in [0.1, 0.15) is 23.6 Å². The molecule has 0 fully saturated rings. The van der Waals surface area contributed by atoms with Crippen molar-refractivity contribution in [3.8, 4) is 0 Å². The van der Waals surface area contributed by atoms with Crippen LogP contribution in [0.2, 0.25) is 4.34 Å². The number of benzene rings is 1. The maximum Gasteiger partial charge on any atom is 0.134 e. The largest absolute Gasteiger partial charge is 0.459 e. The summed E-state index contributed by atoms with van der Waals surface area (Å²) in [6, 6.07) is 12.3. The van der Waals surface area contributed by atoms with Crippen molar-refractivity contribution in [1.82, 2.24) is 5.32 Å². The molecule has 1 atom stereocenters. The second kappa shape index (κ2) is 5.90. The highest BCUT2D eigenvalue weighted by atomic mass is 79.9. The van der Waals surface area contributed by atoms with E-state index >= 15 is 0 Å². The van der Waals surface area contributed by atoms with Gasteiger partial charge in [-0.15, -0.1) is 11.3 Å². The van der Waals surface area contributed by atoms with Crippen LogP contribution in [0.15, 0.2) is 45.3 Å². The van der Waals surface area contributed by atoms with Crippen LogP contribution >= 0.6 is 38.9 Å². The minimum Gasteiger partial charge on any atom is -0.459 e. The summed E-state index contributed by atoms with van der Waals surface area (Å²) in [5, 5.41) is 4.59. The Hall–Kier alpha value is -0.810. The van der Waals surface area contributed by atoms with Crippen molar-refractivity contribution in [2.45, 2.75) is 19.5 Å². The van der Waals surface area contributed by atoms with Crippen LogP contribution < -0.4 is 5.32 Å². The van der Waals surface area contributed by atoms with Gasteiger partial charge in [-0.05, 0) is 41.1 Å². The lowest BCUT2D eigenvalue weighted by Crippen LogP contribution is -2.16. The van der Waals surface area contributed by atoms with Crippen LogP contribution in [0.3, 0.4) is 0 Å². The van der Waals surface area contributed by atoms with E-state index < -0.39 is 0 Å². The Morgan fingerprint density at radius 2 is 2.15 bits per heavy atom. The summed E-state index contributed by atoms with van der Waals surface area (Å²) in [6.45, 7) is 2.87. The maximum atomic E-state index is 6.04. The first-order valence-electron chi connectivity index (χ1n) is 6.29. The molecule has 104 valence electrons. The van der Waals surface area contributed by atoms with Crippen LogP contribution in [0.5, 0.6) is 0 Å². The molecule has 0 aliphatic carbocycles. The standard InChI is InChI=1S/C15H13BrClNOS/c1-9(18-8-11-7-12(16)15(17)20-11)14-6-10-4-2-3-5-13(10)19-14/h2-7,9,18H,8H2,1H3. The molecule has 0 radical (unpaired) electrons. The van der Waals surface area contributed by atoms with E-state index in [1.165, 1.54) is 4.88 Å². The van der Waals surface area contributed by atoms with Gasteiger partial charge in [0.05, 0.1) is 6.04 Å². The second-order valence-corrected chi connectivity index (χ2v) is 7.22. The van der Waals surface area contributed by atoms with Gasteiger partial charge in [0.1, 0.15) is 15.7 Å². The molecule has 3 rings (SSSR count). The molecule has 0 amide bonds. The number of furan rings is 1. The molecule has 0 saturated heterocycles. The van der Waals surface area contributed by atoms with E-state index in [-0.39, 0.29) is 6.04 Å². The summed E-state index contributed by atoms with van der Waals surface area (Å²) in [6.07, 6.45) is 0. The number of hydrogen-bond acceptors (Lipinski definition) is 3. The Morgan fingerprint density at radius 1 is 1.35 bits per heavy atom. The van der Waals surface area contributed by atoms with Crippen molar-refractivity contribution >= 4 is 49.8 Å². The number of rotatable bonds is 4. The molecule has 1 unspecified atom stereocenters. The zero-order chi connectivity index (χ0) is 14.1. The van der Waals surface area contributed by atoms with Gasteiger partial charge in [0.25, 0.3) is 0 Å². The van der Waals surface area contributed by atoms with Crippen LogP contribution in [-0.4, -0.2) is 0 Å². The van der Waals surface area contributed by atoms with Crippen LogP contribution in [0.4, 0.5) is 0 Å². The average molecular weight is 371 g/mol. The van der Waals surface area contributed by atoms with Gasteiger partial charge in [0, 0.05) is 21.3 Å². The SMILES string of the molecule is CC(NCc1cc(Br)c(Cl)s1)c1cc2ccccc2o1. The van der Waals surface area contributed by atoms with Crippen molar-refractivity contribution in [2.24, 2.45) is 0 Å². The van der Waals surface area contributed by atoms with E-state index in [0.717, 1.165) is 32.1 Å². The molecule has 0 bridgehead atoms. The van der Waals surface area contributed by atoms with Gasteiger partial charge >= 0.3 is 0 Å². The highest BCUT2D eigenvalue weighted by molar-refractivity contribution is 9.10. The molecule has 2 nitrogen and oxygen atoms in total. The second-order valence-electron chi connectivity index (χ2n) is 4.62. The molecule has 0 aliphatic heterocycles. The Morgan fingerprint density at radius 3 is 2.85 bits per heavy atom. The van der Waals surface area contributed by atoms with Crippen LogP contribution in [0, 0.1) is 0 Å². The highest BCUT2D eigenvalue weighted by Gasteiger charge is 2.12. The molecular formula is C15H13BrClNOS. The van der Waals surface area contributed by atoms with Crippen molar-refractivity contribution in [3.05, 3.63) is 55.8 Å². The minimum absolute atomic E-state index is 0.155. The number of hydrogen-bond donors (Lipinski definition) is 1. The lowest BCUT2D eigenvalue weighted by molar-refractivity contribution is 0.452. The monoisotopic (exact) mass is 369 g/mol. The lowest BCUT2D eigenvalue weighted by Gasteiger charge is -2.09. The fraction of sp³-hybridized carbons (Fsp3) is 0.200. The van der Waals surface area contributed by atoms with E-state index in [1.807, 2.05) is 24.3 Å². The van der Waals surface area contributed by atoms with E-state index in [0.29, 0.717) is 0 Å². The molecule has 1 N–H and O–H groups in total. The molecule has 0 spiro atoms. The minimum atomic E-state index is 0.155. The van der Waals surface area contributed by atoms with Crippen molar-refractivity contribution < 1.29 is 4.42 Å². The Balaban J connectivity index is 1.70. The summed E-state index contributed by atoms with van der Waals surface area (Å²) in [7, 11) is 0. The van der Waals surface area contributed by atoms with Crippen molar-refractivity contribution in [2.75, 3.05) is 0 Å².